The van der Waals surface area contributed by atoms with E-state index in [2.05, 4.69) is 15.3 Å². The van der Waals surface area contributed by atoms with Crippen LogP contribution in [0.3, 0.4) is 0 Å². The molecule has 22 heavy (non-hydrogen) atoms. The zero-order chi connectivity index (χ0) is 16.0. The number of aliphatic hydroxyl groups is 1. The van der Waals surface area contributed by atoms with E-state index in [9.17, 15) is 9.59 Å². The number of hydrogen-bond donors (Lipinski definition) is 2. The standard InChI is InChI=1S/C15H22N4O3/c1-12(21)19-9-5-15(19,14(22)18-8-10-20)4-2-3-13-11-16-6-7-17-13/h6-7,11,20H,2-5,8-10H2,1H3,(H,18,22)/t15-/m0/s1. The Kier molecular flexibility index (Phi) is 5.43. The van der Waals surface area contributed by atoms with E-state index in [0.717, 1.165) is 12.1 Å². The smallest absolute Gasteiger partial charge is 0.246 e. The van der Waals surface area contributed by atoms with Crippen molar-refractivity contribution < 1.29 is 14.7 Å². The maximum Gasteiger partial charge on any atom is 0.246 e. The van der Waals surface area contributed by atoms with Crippen LogP contribution in [0, 0.1) is 0 Å². The average molecular weight is 306 g/mol. The van der Waals surface area contributed by atoms with Crippen molar-refractivity contribution in [2.24, 2.45) is 0 Å². The van der Waals surface area contributed by atoms with Crippen molar-refractivity contribution in [2.45, 2.75) is 38.1 Å². The number of carbonyl (C=O) groups is 2. The molecule has 0 aliphatic carbocycles. The summed E-state index contributed by atoms with van der Waals surface area (Å²) >= 11 is 0. The van der Waals surface area contributed by atoms with Gasteiger partial charge in [-0.05, 0) is 25.7 Å². The van der Waals surface area contributed by atoms with Crippen molar-refractivity contribution in [2.75, 3.05) is 19.7 Å². The van der Waals surface area contributed by atoms with E-state index in [1.807, 2.05) is 0 Å². The molecule has 1 aliphatic rings. The molecule has 2 rings (SSSR count). The molecule has 1 atom stereocenters. The molecule has 7 nitrogen and oxygen atoms in total. The molecule has 2 amide bonds. The van der Waals surface area contributed by atoms with Crippen molar-refractivity contribution in [1.29, 1.82) is 0 Å². The van der Waals surface area contributed by atoms with Crippen LogP contribution in [-0.2, 0) is 16.0 Å². The van der Waals surface area contributed by atoms with E-state index >= 15 is 0 Å². The number of likely N-dealkylation sites (tertiary alicyclic amines) is 1. The van der Waals surface area contributed by atoms with Gasteiger partial charge in [0, 0.05) is 38.6 Å². The summed E-state index contributed by atoms with van der Waals surface area (Å²) in [6.45, 7) is 2.18. The first-order chi connectivity index (χ1) is 10.6. The summed E-state index contributed by atoms with van der Waals surface area (Å²) in [5.41, 5.74) is 0.102. The number of aromatic nitrogens is 2. The van der Waals surface area contributed by atoms with Crippen LogP contribution in [0.5, 0.6) is 0 Å². The second kappa shape index (κ2) is 7.31. The number of rotatable bonds is 7. The van der Waals surface area contributed by atoms with Crippen LogP contribution in [0.2, 0.25) is 0 Å². The predicted molar refractivity (Wildman–Crippen MR) is 79.8 cm³/mol. The highest BCUT2D eigenvalue weighted by atomic mass is 16.3. The summed E-state index contributed by atoms with van der Waals surface area (Å²) in [7, 11) is 0. The van der Waals surface area contributed by atoms with Gasteiger partial charge in [-0.1, -0.05) is 0 Å². The Morgan fingerprint density at radius 1 is 1.45 bits per heavy atom. The molecule has 1 fully saturated rings. The molecule has 120 valence electrons. The molecular formula is C15H22N4O3. The van der Waals surface area contributed by atoms with Crippen molar-refractivity contribution in [3.8, 4) is 0 Å². The first-order valence-electron chi connectivity index (χ1n) is 7.52. The molecule has 0 unspecified atom stereocenters. The van der Waals surface area contributed by atoms with Gasteiger partial charge in [0.25, 0.3) is 0 Å². The van der Waals surface area contributed by atoms with Crippen LogP contribution in [0.1, 0.15) is 31.9 Å². The normalized spacial score (nSPS) is 20.4. The minimum absolute atomic E-state index is 0.0927. The predicted octanol–water partition coefficient (Wildman–Crippen LogP) is -0.101. The summed E-state index contributed by atoms with van der Waals surface area (Å²) in [5, 5.41) is 11.6. The molecule has 2 N–H and O–H groups in total. The van der Waals surface area contributed by atoms with Crippen LogP contribution in [-0.4, -0.2) is 57.0 Å². The molecule has 0 spiro atoms. The molecule has 1 aliphatic heterocycles. The fourth-order valence-corrected chi connectivity index (χ4v) is 2.92. The third-order valence-corrected chi connectivity index (χ3v) is 4.11. The largest absolute Gasteiger partial charge is 0.395 e. The number of carbonyl (C=O) groups excluding carboxylic acids is 2. The van der Waals surface area contributed by atoms with Gasteiger partial charge in [0.2, 0.25) is 11.8 Å². The van der Waals surface area contributed by atoms with Gasteiger partial charge in [-0.3, -0.25) is 19.6 Å². The lowest BCUT2D eigenvalue weighted by Crippen LogP contribution is -2.68. The van der Waals surface area contributed by atoms with Crippen molar-refractivity contribution in [3.63, 3.8) is 0 Å². The Morgan fingerprint density at radius 3 is 2.82 bits per heavy atom. The fourth-order valence-electron chi connectivity index (χ4n) is 2.92. The van der Waals surface area contributed by atoms with E-state index in [4.69, 9.17) is 5.11 Å². The van der Waals surface area contributed by atoms with Gasteiger partial charge < -0.3 is 15.3 Å². The Balaban J connectivity index is 1.99. The number of aliphatic hydroxyl groups excluding tert-OH is 1. The van der Waals surface area contributed by atoms with E-state index in [0.29, 0.717) is 25.8 Å². The molecule has 7 heteroatoms. The molecule has 0 saturated carbocycles. The summed E-state index contributed by atoms with van der Waals surface area (Å²) in [5.74, 6) is -0.271. The van der Waals surface area contributed by atoms with Gasteiger partial charge in [-0.2, -0.15) is 0 Å². The highest BCUT2D eigenvalue weighted by molar-refractivity contribution is 5.92. The minimum atomic E-state index is -0.775. The van der Waals surface area contributed by atoms with Gasteiger partial charge in [-0.15, -0.1) is 0 Å². The number of hydrogen-bond acceptors (Lipinski definition) is 5. The lowest BCUT2D eigenvalue weighted by Gasteiger charge is -2.51. The van der Waals surface area contributed by atoms with Crippen LogP contribution in [0.25, 0.3) is 0 Å². The second-order valence-electron chi connectivity index (χ2n) is 5.48. The number of amides is 2. The van der Waals surface area contributed by atoms with Crippen LogP contribution < -0.4 is 5.32 Å². The summed E-state index contributed by atoms with van der Waals surface area (Å²) in [4.78, 5) is 34.0. The Bertz CT molecular complexity index is 523. The van der Waals surface area contributed by atoms with E-state index in [-0.39, 0.29) is 25.0 Å². The summed E-state index contributed by atoms with van der Waals surface area (Å²) in [6, 6.07) is 0. The molecule has 0 bridgehead atoms. The maximum absolute atomic E-state index is 12.4. The molecule has 1 aromatic rings. The molecule has 1 aromatic heterocycles. The Hall–Kier alpha value is -2.02. The van der Waals surface area contributed by atoms with E-state index in [1.165, 1.54) is 6.92 Å². The van der Waals surface area contributed by atoms with Gasteiger partial charge in [0.15, 0.2) is 0 Å². The molecule has 0 aromatic carbocycles. The monoisotopic (exact) mass is 306 g/mol. The molecule has 2 heterocycles. The average Bonchev–Trinajstić information content (AvgIpc) is 2.48. The molecule has 1 saturated heterocycles. The highest BCUT2D eigenvalue weighted by Gasteiger charge is 2.51. The third-order valence-electron chi connectivity index (χ3n) is 4.11. The number of nitrogens with one attached hydrogen (secondary N) is 1. The topological polar surface area (TPSA) is 95.4 Å². The molecule has 0 radical (unpaired) electrons. The van der Waals surface area contributed by atoms with E-state index in [1.54, 1.807) is 23.5 Å². The van der Waals surface area contributed by atoms with Crippen molar-refractivity contribution in [1.82, 2.24) is 20.2 Å². The van der Waals surface area contributed by atoms with Crippen LogP contribution in [0.4, 0.5) is 0 Å². The first kappa shape index (κ1) is 16.4. The van der Waals surface area contributed by atoms with Crippen LogP contribution in [0.15, 0.2) is 18.6 Å². The maximum atomic E-state index is 12.4. The Morgan fingerprint density at radius 2 is 2.27 bits per heavy atom. The highest BCUT2D eigenvalue weighted by Crippen LogP contribution is 2.35. The fraction of sp³-hybridized carbons (Fsp3) is 0.600. The SMILES string of the molecule is CC(=O)N1CC[C@@]1(CCCc1cnccn1)C(=O)NCCO. The number of nitrogens with zero attached hydrogens (tertiary/aromatic N) is 3. The van der Waals surface area contributed by atoms with Gasteiger partial charge in [-0.25, -0.2) is 0 Å². The second-order valence-corrected chi connectivity index (χ2v) is 5.48. The quantitative estimate of drug-likeness (QED) is 0.733. The Labute approximate surface area is 129 Å². The number of aryl methyl sites for hydroxylation is 1. The summed E-state index contributed by atoms with van der Waals surface area (Å²) < 4.78 is 0. The minimum Gasteiger partial charge on any atom is -0.395 e. The zero-order valence-electron chi connectivity index (χ0n) is 12.8. The zero-order valence-corrected chi connectivity index (χ0v) is 12.8. The van der Waals surface area contributed by atoms with Gasteiger partial charge >= 0.3 is 0 Å². The lowest BCUT2D eigenvalue weighted by molar-refractivity contribution is -0.158. The van der Waals surface area contributed by atoms with Gasteiger partial charge in [0.1, 0.15) is 5.54 Å². The van der Waals surface area contributed by atoms with Gasteiger partial charge in [0.05, 0.1) is 12.3 Å². The summed E-state index contributed by atoms with van der Waals surface area (Å²) in [6.07, 6.45) is 7.68. The van der Waals surface area contributed by atoms with Crippen molar-refractivity contribution >= 4 is 11.8 Å². The van der Waals surface area contributed by atoms with Crippen molar-refractivity contribution in [3.05, 3.63) is 24.3 Å². The third kappa shape index (κ3) is 3.41. The molecular weight excluding hydrogens is 284 g/mol. The lowest BCUT2D eigenvalue weighted by atomic mass is 9.78. The first-order valence-corrected chi connectivity index (χ1v) is 7.52. The van der Waals surface area contributed by atoms with Crippen LogP contribution >= 0.6 is 0 Å². The van der Waals surface area contributed by atoms with E-state index < -0.39 is 5.54 Å².